The van der Waals surface area contributed by atoms with E-state index in [1.165, 1.54) is 4.90 Å². The minimum atomic E-state index is -0.705. The lowest BCUT2D eigenvalue weighted by molar-refractivity contribution is -0.140. The lowest BCUT2D eigenvalue weighted by atomic mass is 9.95. The molecule has 1 aliphatic heterocycles. The van der Waals surface area contributed by atoms with Gasteiger partial charge in [-0.2, -0.15) is 0 Å². The van der Waals surface area contributed by atoms with Crippen molar-refractivity contribution in [2.75, 3.05) is 33.3 Å². The number of methoxy groups -OCH3 is 1. The van der Waals surface area contributed by atoms with E-state index in [0.717, 1.165) is 13.1 Å². The van der Waals surface area contributed by atoms with E-state index < -0.39 is 17.7 Å². The van der Waals surface area contributed by atoms with E-state index in [4.69, 9.17) is 16.3 Å². The van der Waals surface area contributed by atoms with Crippen LogP contribution in [0.15, 0.2) is 52.5 Å². The van der Waals surface area contributed by atoms with Crippen LogP contribution in [0.2, 0.25) is 5.02 Å². The van der Waals surface area contributed by atoms with Gasteiger partial charge in [0, 0.05) is 23.7 Å². The van der Waals surface area contributed by atoms with Crippen LogP contribution in [-0.2, 0) is 9.59 Å². The van der Waals surface area contributed by atoms with Gasteiger partial charge in [-0.1, -0.05) is 37.6 Å². The number of rotatable bonds is 8. The SMILES string of the molecule is CCN(CC)CCN1C(=O)C(=O)/C(=C(\O)c2ccc(OC)c(Br)c2)C1c1ccc(Cl)cc1. The van der Waals surface area contributed by atoms with Crippen LogP contribution in [0.4, 0.5) is 0 Å². The van der Waals surface area contributed by atoms with Crippen LogP contribution in [0.1, 0.15) is 31.0 Å². The molecule has 1 unspecified atom stereocenters. The Morgan fingerprint density at radius 1 is 1.16 bits per heavy atom. The highest BCUT2D eigenvalue weighted by Gasteiger charge is 2.46. The van der Waals surface area contributed by atoms with E-state index in [0.29, 0.717) is 39.5 Å². The minimum absolute atomic E-state index is 0.0638. The van der Waals surface area contributed by atoms with E-state index in [2.05, 4.69) is 34.7 Å². The standard InChI is InChI=1S/C24H26BrClN2O4/c1-4-27(5-2)12-13-28-21(15-6-9-17(26)10-7-15)20(23(30)24(28)31)22(29)16-8-11-19(32-3)18(25)14-16/h6-11,14,21,29H,4-5,12-13H2,1-3H3/b22-20-. The molecule has 0 spiro atoms. The Hall–Kier alpha value is -2.35. The zero-order valence-electron chi connectivity index (χ0n) is 18.3. The van der Waals surface area contributed by atoms with Crippen molar-refractivity contribution in [1.29, 1.82) is 0 Å². The number of hydrogen-bond acceptors (Lipinski definition) is 5. The Labute approximate surface area is 201 Å². The summed E-state index contributed by atoms with van der Waals surface area (Å²) in [4.78, 5) is 29.8. The molecule has 1 heterocycles. The fourth-order valence-electron chi connectivity index (χ4n) is 3.86. The average Bonchev–Trinajstić information content (AvgIpc) is 3.04. The first-order chi connectivity index (χ1) is 15.3. The second-order valence-electron chi connectivity index (χ2n) is 7.42. The molecule has 0 bridgehead atoms. The number of aliphatic hydroxyl groups is 1. The van der Waals surface area contributed by atoms with Crippen LogP contribution in [0.25, 0.3) is 5.76 Å². The molecule has 1 fully saturated rings. The monoisotopic (exact) mass is 520 g/mol. The molecule has 0 aliphatic carbocycles. The van der Waals surface area contributed by atoms with Gasteiger partial charge in [-0.05, 0) is 64.9 Å². The smallest absolute Gasteiger partial charge is 0.295 e. The molecule has 6 nitrogen and oxygen atoms in total. The van der Waals surface area contributed by atoms with E-state index >= 15 is 0 Å². The minimum Gasteiger partial charge on any atom is -0.507 e. The number of likely N-dealkylation sites (tertiary alicyclic amines) is 1. The van der Waals surface area contributed by atoms with Crippen LogP contribution >= 0.6 is 27.5 Å². The van der Waals surface area contributed by atoms with Crippen molar-refractivity contribution in [3.63, 3.8) is 0 Å². The Bertz CT molecular complexity index is 1030. The summed E-state index contributed by atoms with van der Waals surface area (Å²) in [5.74, 6) is -0.951. The predicted molar refractivity (Wildman–Crippen MR) is 129 cm³/mol. The number of ether oxygens (including phenoxy) is 1. The maximum atomic E-state index is 13.1. The van der Waals surface area contributed by atoms with E-state index in [1.807, 2.05) is 0 Å². The quantitative estimate of drug-likeness (QED) is 0.305. The lowest BCUT2D eigenvalue weighted by Crippen LogP contribution is -2.38. The summed E-state index contributed by atoms with van der Waals surface area (Å²) in [7, 11) is 1.54. The van der Waals surface area contributed by atoms with Gasteiger partial charge < -0.3 is 19.6 Å². The van der Waals surface area contributed by atoms with Gasteiger partial charge in [-0.15, -0.1) is 0 Å². The molecule has 0 aromatic heterocycles. The van der Waals surface area contributed by atoms with Crippen molar-refractivity contribution in [1.82, 2.24) is 9.80 Å². The van der Waals surface area contributed by atoms with Crippen molar-refractivity contribution in [2.45, 2.75) is 19.9 Å². The lowest BCUT2D eigenvalue weighted by Gasteiger charge is -2.28. The molecule has 0 saturated carbocycles. The van der Waals surface area contributed by atoms with Crippen LogP contribution in [0.3, 0.4) is 0 Å². The molecule has 8 heteroatoms. The zero-order valence-corrected chi connectivity index (χ0v) is 20.6. The number of likely N-dealkylation sites (N-methyl/N-ethyl adjacent to an activating group) is 1. The molecule has 0 radical (unpaired) electrons. The van der Waals surface area contributed by atoms with E-state index in [1.54, 1.807) is 49.6 Å². The summed E-state index contributed by atoms with van der Waals surface area (Å²) in [6, 6.07) is 11.3. The first kappa shape index (κ1) is 24.3. The second-order valence-corrected chi connectivity index (χ2v) is 8.71. The number of carbonyl (C=O) groups excluding carboxylic acids is 2. The normalized spacial score (nSPS) is 17.9. The summed E-state index contributed by atoms with van der Waals surface area (Å²) in [5, 5.41) is 11.7. The number of nitrogens with zero attached hydrogens (tertiary/aromatic N) is 2. The van der Waals surface area contributed by atoms with E-state index in [-0.39, 0.29) is 11.3 Å². The highest BCUT2D eigenvalue weighted by Crippen LogP contribution is 2.40. The summed E-state index contributed by atoms with van der Waals surface area (Å²) in [6.07, 6.45) is 0. The third kappa shape index (κ3) is 4.85. The third-order valence-electron chi connectivity index (χ3n) is 5.70. The Balaban J connectivity index is 2.10. The number of aliphatic hydroxyl groups excluding tert-OH is 1. The molecule has 1 N–H and O–H groups in total. The van der Waals surface area contributed by atoms with Crippen LogP contribution in [0.5, 0.6) is 5.75 Å². The average molecular weight is 522 g/mol. The van der Waals surface area contributed by atoms with Gasteiger partial charge in [-0.25, -0.2) is 0 Å². The van der Waals surface area contributed by atoms with Gasteiger partial charge in [0.2, 0.25) is 0 Å². The summed E-state index contributed by atoms with van der Waals surface area (Å²) in [5.41, 5.74) is 1.19. The molecular formula is C24H26BrClN2O4. The largest absolute Gasteiger partial charge is 0.507 e. The van der Waals surface area contributed by atoms with Crippen molar-refractivity contribution >= 4 is 45.0 Å². The Kier molecular flexibility index (Phi) is 7.98. The van der Waals surface area contributed by atoms with Gasteiger partial charge in [0.15, 0.2) is 0 Å². The highest BCUT2D eigenvalue weighted by atomic mass is 79.9. The Morgan fingerprint density at radius 3 is 2.38 bits per heavy atom. The molecule has 32 heavy (non-hydrogen) atoms. The molecule has 2 aromatic carbocycles. The molecule has 1 atom stereocenters. The first-order valence-electron chi connectivity index (χ1n) is 10.4. The number of halogens is 2. The summed E-state index contributed by atoms with van der Waals surface area (Å²) >= 11 is 9.47. The van der Waals surface area contributed by atoms with E-state index in [9.17, 15) is 14.7 Å². The Morgan fingerprint density at radius 2 is 1.81 bits per heavy atom. The van der Waals surface area contributed by atoms with Gasteiger partial charge in [0.25, 0.3) is 11.7 Å². The van der Waals surface area contributed by atoms with Crippen molar-refractivity contribution in [3.8, 4) is 5.75 Å². The molecule has 170 valence electrons. The summed E-state index contributed by atoms with van der Waals surface area (Å²) < 4.78 is 5.87. The number of Topliss-reactive ketones (excluding diaryl/α,β-unsaturated/α-hetero) is 1. The second kappa shape index (κ2) is 10.5. The van der Waals surface area contributed by atoms with Crippen molar-refractivity contribution < 1.29 is 19.4 Å². The fraction of sp³-hybridized carbons (Fsp3) is 0.333. The topological polar surface area (TPSA) is 70.1 Å². The maximum absolute atomic E-state index is 13.1. The molecule has 2 aromatic rings. The molecule has 1 saturated heterocycles. The maximum Gasteiger partial charge on any atom is 0.295 e. The van der Waals surface area contributed by atoms with Gasteiger partial charge in [-0.3, -0.25) is 9.59 Å². The number of amides is 1. The molecular weight excluding hydrogens is 496 g/mol. The number of benzene rings is 2. The first-order valence-corrected chi connectivity index (χ1v) is 11.6. The van der Waals surface area contributed by atoms with Crippen LogP contribution in [0, 0.1) is 0 Å². The van der Waals surface area contributed by atoms with Crippen LogP contribution < -0.4 is 4.74 Å². The zero-order chi connectivity index (χ0) is 23.4. The molecule has 3 rings (SSSR count). The summed E-state index contributed by atoms with van der Waals surface area (Å²) in [6.45, 7) is 6.77. The number of hydrogen-bond donors (Lipinski definition) is 1. The third-order valence-corrected chi connectivity index (χ3v) is 6.57. The fourth-order valence-corrected chi connectivity index (χ4v) is 4.53. The van der Waals surface area contributed by atoms with Gasteiger partial charge in [0.1, 0.15) is 11.5 Å². The number of carbonyl (C=O) groups is 2. The van der Waals surface area contributed by atoms with Crippen LogP contribution in [-0.4, -0.2) is 59.9 Å². The predicted octanol–water partition coefficient (Wildman–Crippen LogP) is 4.87. The molecule has 1 aliphatic rings. The van der Waals surface area contributed by atoms with Crippen molar-refractivity contribution in [3.05, 3.63) is 68.7 Å². The number of ketones is 1. The van der Waals surface area contributed by atoms with Gasteiger partial charge >= 0.3 is 0 Å². The molecule has 1 amide bonds. The van der Waals surface area contributed by atoms with Gasteiger partial charge in [0.05, 0.1) is 23.2 Å². The highest BCUT2D eigenvalue weighted by molar-refractivity contribution is 9.10. The van der Waals surface area contributed by atoms with Crippen molar-refractivity contribution in [2.24, 2.45) is 0 Å².